The molecule has 0 atom stereocenters. The van der Waals surface area contributed by atoms with E-state index in [2.05, 4.69) is 15.3 Å². The van der Waals surface area contributed by atoms with Crippen LogP contribution in [0.3, 0.4) is 0 Å². The van der Waals surface area contributed by atoms with Gasteiger partial charge < -0.3 is 9.88 Å². The normalized spacial score (nSPS) is 11.3. The lowest BCUT2D eigenvalue weighted by molar-refractivity contribution is -0.111. The summed E-state index contributed by atoms with van der Waals surface area (Å²) in [6, 6.07) is 11.2. The van der Waals surface area contributed by atoms with E-state index in [0.29, 0.717) is 11.5 Å². The van der Waals surface area contributed by atoms with Gasteiger partial charge in [0.15, 0.2) is 0 Å². The summed E-state index contributed by atoms with van der Waals surface area (Å²) in [6.45, 7) is 0. The molecule has 150 valence electrons. The Morgan fingerprint density at radius 3 is 2.63 bits per heavy atom. The molecule has 0 aliphatic carbocycles. The predicted molar refractivity (Wildman–Crippen MR) is 113 cm³/mol. The zero-order chi connectivity index (χ0) is 21.3. The van der Waals surface area contributed by atoms with Crippen LogP contribution in [0, 0.1) is 0 Å². The highest BCUT2D eigenvalue weighted by Crippen LogP contribution is 2.17. The van der Waals surface area contributed by atoms with Gasteiger partial charge in [0, 0.05) is 26.4 Å². The van der Waals surface area contributed by atoms with Crippen LogP contribution in [0.1, 0.15) is 5.56 Å². The lowest BCUT2D eigenvalue weighted by Gasteiger charge is -2.06. The van der Waals surface area contributed by atoms with Crippen LogP contribution in [0.5, 0.6) is 0 Å². The number of fused-ring (bicyclic) bond motifs is 1. The topological polar surface area (TPSA) is 104 Å². The van der Waals surface area contributed by atoms with Crippen LogP contribution >= 0.6 is 0 Å². The Kier molecular flexibility index (Phi) is 4.85. The molecule has 9 heteroatoms. The maximum Gasteiger partial charge on any atom is 0.330 e. The fourth-order valence-corrected chi connectivity index (χ4v) is 3.04. The smallest absolute Gasteiger partial charge is 0.321 e. The number of anilines is 1. The van der Waals surface area contributed by atoms with E-state index < -0.39 is 17.2 Å². The Bertz CT molecular complexity index is 1390. The summed E-state index contributed by atoms with van der Waals surface area (Å²) in [7, 11) is 2.93. The fraction of sp³-hybridized carbons (Fsp3) is 0.0952. The minimum absolute atomic E-state index is 0.232. The van der Waals surface area contributed by atoms with Gasteiger partial charge in [0.25, 0.3) is 5.56 Å². The number of aryl methyl sites for hydroxylation is 1. The number of imidazole rings is 1. The Balaban J connectivity index is 1.50. The number of rotatable bonds is 4. The molecule has 1 N–H and O–H groups in total. The third-order valence-corrected chi connectivity index (χ3v) is 4.60. The molecular weight excluding hydrogens is 384 g/mol. The second-order valence-electron chi connectivity index (χ2n) is 6.67. The Hall–Kier alpha value is -4.27. The number of carbonyl (C=O) groups is 1. The van der Waals surface area contributed by atoms with Crippen LogP contribution < -0.4 is 16.6 Å². The molecular formula is C21H18N6O3. The SMILES string of the molecule is Cn1cc(/C=C/C(=O)Nc2ccc(-n3cnc4ccccc43)nc2)c(=O)n(C)c1=O. The number of nitrogens with one attached hydrogen (secondary N) is 1. The van der Waals surface area contributed by atoms with Crippen molar-refractivity contribution in [1.29, 1.82) is 0 Å². The number of aromatic nitrogens is 5. The average Bonchev–Trinajstić information content (AvgIpc) is 3.18. The molecule has 1 amide bonds. The number of amides is 1. The second kappa shape index (κ2) is 7.63. The van der Waals surface area contributed by atoms with E-state index in [4.69, 9.17) is 0 Å². The van der Waals surface area contributed by atoms with Gasteiger partial charge in [-0.15, -0.1) is 0 Å². The number of benzene rings is 1. The van der Waals surface area contributed by atoms with Crippen molar-refractivity contribution in [1.82, 2.24) is 23.7 Å². The largest absolute Gasteiger partial charge is 0.330 e. The van der Waals surface area contributed by atoms with Gasteiger partial charge in [0.1, 0.15) is 12.1 Å². The van der Waals surface area contributed by atoms with Gasteiger partial charge in [-0.25, -0.2) is 14.8 Å². The molecule has 0 saturated heterocycles. The summed E-state index contributed by atoms with van der Waals surface area (Å²) in [5, 5.41) is 2.69. The first kappa shape index (κ1) is 19.1. The highest BCUT2D eigenvalue weighted by molar-refractivity contribution is 6.01. The van der Waals surface area contributed by atoms with Gasteiger partial charge in [-0.3, -0.25) is 18.7 Å². The number of nitrogens with zero attached hydrogens (tertiary/aromatic N) is 5. The first-order valence-electron chi connectivity index (χ1n) is 9.08. The van der Waals surface area contributed by atoms with Crippen LogP contribution in [-0.4, -0.2) is 29.6 Å². The fourth-order valence-electron chi connectivity index (χ4n) is 3.04. The first-order chi connectivity index (χ1) is 14.4. The van der Waals surface area contributed by atoms with Crippen LogP contribution in [0.25, 0.3) is 22.9 Å². The molecule has 0 aliphatic heterocycles. The first-order valence-corrected chi connectivity index (χ1v) is 9.08. The molecule has 0 spiro atoms. The monoisotopic (exact) mass is 402 g/mol. The standard InChI is InChI=1S/C21H18N6O3/c1-25-12-14(20(29)26(2)21(25)30)7-10-19(28)24-15-8-9-18(22-11-15)27-13-23-16-5-3-4-6-17(16)27/h3-13H,1-2H3,(H,24,28)/b10-7+. The Morgan fingerprint density at radius 1 is 1.07 bits per heavy atom. The molecule has 0 radical (unpaired) electrons. The Labute approximate surface area is 170 Å². The van der Waals surface area contributed by atoms with Gasteiger partial charge in [-0.1, -0.05) is 12.1 Å². The third-order valence-electron chi connectivity index (χ3n) is 4.60. The van der Waals surface area contributed by atoms with Crippen LogP contribution in [0.15, 0.2) is 70.8 Å². The molecule has 9 nitrogen and oxygen atoms in total. The molecule has 3 aromatic heterocycles. The summed E-state index contributed by atoms with van der Waals surface area (Å²) in [4.78, 5) is 44.7. The molecule has 0 aliphatic rings. The second-order valence-corrected chi connectivity index (χ2v) is 6.67. The molecule has 0 bridgehead atoms. The molecule has 0 fully saturated rings. The lowest BCUT2D eigenvalue weighted by Crippen LogP contribution is -2.37. The minimum Gasteiger partial charge on any atom is -0.321 e. The van der Waals surface area contributed by atoms with Crippen LogP contribution in [0.4, 0.5) is 5.69 Å². The van der Waals surface area contributed by atoms with Crippen molar-refractivity contribution in [3.8, 4) is 5.82 Å². The molecule has 4 aromatic rings. The van der Waals surface area contributed by atoms with Crippen molar-refractivity contribution >= 4 is 28.7 Å². The highest BCUT2D eigenvalue weighted by Gasteiger charge is 2.07. The molecule has 0 unspecified atom stereocenters. The van der Waals surface area contributed by atoms with Crippen molar-refractivity contribution in [3.63, 3.8) is 0 Å². The van der Waals surface area contributed by atoms with E-state index in [1.165, 1.54) is 37.0 Å². The zero-order valence-electron chi connectivity index (χ0n) is 16.3. The van der Waals surface area contributed by atoms with Crippen molar-refractivity contribution in [2.24, 2.45) is 14.1 Å². The van der Waals surface area contributed by atoms with Gasteiger partial charge >= 0.3 is 5.69 Å². The zero-order valence-corrected chi connectivity index (χ0v) is 16.3. The van der Waals surface area contributed by atoms with E-state index in [1.54, 1.807) is 24.7 Å². The van der Waals surface area contributed by atoms with Crippen LogP contribution in [0.2, 0.25) is 0 Å². The quantitative estimate of drug-likeness (QED) is 0.521. The number of pyridine rings is 1. The van der Waals surface area contributed by atoms with E-state index in [9.17, 15) is 14.4 Å². The van der Waals surface area contributed by atoms with Crippen molar-refractivity contribution < 1.29 is 4.79 Å². The van der Waals surface area contributed by atoms with E-state index in [1.807, 2.05) is 28.8 Å². The number of hydrogen-bond acceptors (Lipinski definition) is 5. The summed E-state index contributed by atoms with van der Waals surface area (Å²) < 4.78 is 4.12. The van der Waals surface area contributed by atoms with Gasteiger partial charge in [-0.05, 0) is 30.3 Å². The molecule has 4 rings (SSSR count). The van der Waals surface area contributed by atoms with Gasteiger partial charge in [-0.2, -0.15) is 0 Å². The van der Waals surface area contributed by atoms with Gasteiger partial charge in [0.05, 0.1) is 28.5 Å². The minimum atomic E-state index is -0.472. The number of para-hydroxylation sites is 2. The van der Waals surface area contributed by atoms with Crippen LogP contribution in [-0.2, 0) is 18.9 Å². The van der Waals surface area contributed by atoms with Crippen molar-refractivity contribution in [2.75, 3.05) is 5.32 Å². The molecule has 3 heterocycles. The Morgan fingerprint density at radius 2 is 1.87 bits per heavy atom. The van der Waals surface area contributed by atoms with E-state index >= 15 is 0 Å². The summed E-state index contributed by atoms with van der Waals surface area (Å²) >= 11 is 0. The number of carbonyl (C=O) groups excluding carboxylic acids is 1. The van der Waals surface area contributed by atoms with Crippen molar-refractivity contribution in [2.45, 2.75) is 0 Å². The van der Waals surface area contributed by atoms with Crippen molar-refractivity contribution in [3.05, 3.63) is 87.6 Å². The molecule has 30 heavy (non-hydrogen) atoms. The maximum absolute atomic E-state index is 12.2. The maximum atomic E-state index is 12.2. The predicted octanol–water partition coefficient (Wildman–Crippen LogP) is 1.47. The van der Waals surface area contributed by atoms with Gasteiger partial charge in [0.2, 0.25) is 5.91 Å². The number of hydrogen-bond donors (Lipinski definition) is 1. The summed E-state index contributed by atoms with van der Waals surface area (Å²) in [5.41, 5.74) is 1.63. The molecule has 1 aromatic carbocycles. The average molecular weight is 402 g/mol. The molecule has 0 saturated carbocycles. The summed E-state index contributed by atoms with van der Waals surface area (Å²) in [6.07, 6.45) is 7.23. The van der Waals surface area contributed by atoms with E-state index in [0.717, 1.165) is 15.6 Å². The van der Waals surface area contributed by atoms with E-state index in [-0.39, 0.29) is 5.56 Å². The summed E-state index contributed by atoms with van der Waals surface area (Å²) in [5.74, 6) is 0.250. The third kappa shape index (κ3) is 3.55. The lowest BCUT2D eigenvalue weighted by atomic mass is 10.3. The highest BCUT2D eigenvalue weighted by atomic mass is 16.2.